The van der Waals surface area contributed by atoms with Gasteiger partial charge in [0.2, 0.25) is 0 Å². The van der Waals surface area contributed by atoms with Crippen LogP contribution in [-0.4, -0.2) is 18.7 Å². The lowest BCUT2D eigenvalue weighted by atomic mass is 10.2. The molecule has 0 heterocycles. The molecule has 0 spiro atoms. The average molecular weight is 421 g/mol. The van der Waals surface area contributed by atoms with E-state index in [-0.39, 0.29) is 5.91 Å². The summed E-state index contributed by atoms with van der Waals surface area (Å²) in [4.78, 5) is 12.1. The maximum Gasteiger partial charge on any atom is 0.271 e. The highest BCUT2D eigenvalue weighted by atomic mass is 35.5. The molecule has 0 fully saturated rings. The van der Waals surface area contributed by atoms with E-state index in [4.69, 9.17) is 21.1 Å². The van der Waals surface area contributed by atoms with Gasteiger partial charge >= 0.3 is 0 Å². The molecule has 0 saturated carbocycles. The van der Waals surface area contributed by atoms with Gasteiger partial charge in [-0.25, -0.2) is 5.43 Å². The maximum atomic E-state index is 12.1. The van der Waals surface area contributed by atoms with Crippen LogP contribution in [-0.2, 0) is 6.61 Å². The first-order valence-corrected chi connectivity index (χ1v) is 9.66. The highest BCUT2D eigenvalue weighted by Crippen LogP contribution is 2.15. The summed E-state index contributed by atoms with van der Waals surface area (Å²) < 4.78 is 11.1. The Morgan fingerprint density at radius 3 is 2.23 bits per heavy atom. The van der Waals surface area contributed by atoms with Gasteiger partial charge in [0.15, 0.2) is 0 Å². The number of nitrogens with one attached hydrogen (secondary N) is 1. The predicted molar refractivity (Wildman–Crippen MR) is 119 cm³/mol. The quantitative estimate of drug-likeness (QED) is 0.292. The molecule has 3 aromatic rings. The van der Waals surface area contributed by atoms with Crippen LogP contribution >= 0.6 is 11.6 Å². The normalized spacial score (nSPS) is 10.6. The number of hydrogen-bond donors (Lipinski definition) is 1. The van der Waals surface area contributed by atoms with E-state index in [1.54, 1.807) is 36.6 Å². The minimum absolute atomic E-state index is 0.301. The Kier molecular flexibility index (Phi) is 7.64. The first kappa shape index (κ1) is 21.1. The number of halogens is 1. The van der Waals surface area contributed by atoms with Crippen molar-refractivity contribution in [2.24, 2.45) is 5.10 Å². The molecule has 0 aliphatic carbocycles. The van der Waals surface area contributed by atoms with Crippen molar-refractivity contribution in [1.29, 1.82) is 0 Å². The van der Waals surface area contributed by atoms with Crippen molar-refractivity contribution in [1.82, 2.24) is 5.43 Å². The Morgan fingerprint density at radius 2 is 1.57 bits per heavy atom. The SMILES string of the molecule is C=CCOc1ccc(C(=O)NN=Cc2ccc(OCc3ccc(Cl)cc3)cc2)cc1. The monoisotopic (exact) mass is 420 g/mol. The number of benzene rings is 3. The second kappa shape index (κ2) is 10.8. The molecular weight excluding hydrogens is 400 g/mol. The summed E-state index contributed by atoms with van der Waals surface area (Å²) in [6.07, 6.45) is 3.23. The van der Waals surface area contributed by atoms with Gasteiger partial charge in [0.05, 0.1) is 6.21 Å². The molecule has 0 saturated heterocycles. The van der Waals surface area contributed by atoms with Crippen LogP contribution in [0.1, 0.15) is 21.5 Å². The number of carbonyl (C=O) groups excluding carboxylic acids is 1. The number of rotatable bonds is 9. The Bertz CT molecular complexity index is 998. The Hall–Kier alpha value is -3.57. The lowest BCUT2D eigenvalue weighted by Gasteiger charge is -2.06. The predicted octanol–water partition coefficient (Wildman–Crippen LogP) is 5.25. The van der Waals surface area contributed by atoms with Crippen LogP contribution in [0, 0.1) is 0 Å². The molecule has 0 aliphatic heterocycles. The molecule has 1 amide bonds. The summed E-state index contributed by atoms with van der Waals surface area (Å²) in [5.41, 5.74) is 4.87. The van der Waals surface area contributed by atoms with Crippen LogP contribution in [0.3, 0.4) is 0 Å². The molecule has 1 N–H and O–H groups in total. The zero-order valence-electron chi connectivity index (χ0n) is 16.3. The lowest BCUT2D eigenvalue weighted by molar-refractivity contribution is 0.0955. The smallest absolute Gasteiger partial charge is 0.271 e. The Morgan fingerprint density at radius 1 is 0.933 bits per heavy atom. The molecule has 0 atom stereocenters. The molecule has 3 aromatic carbocycles. The van der Waals surface area contributed by atoms with Gasteiger partial charge in [-0.15, -0.1) is 0 Å². The molecule has 3 rings (SSSR count). The molecule has 30 heavy (non-hydrogen) atoms. The molecular formula is C24H21ClN2O3. The third-order valence-electron chi connectivity index (χ3n) is 4.06. The van der Waals surface area contributed by atoms with Crippen molar-refractivity contribution >= 4 is 23.7 Å². The van der Waals surface area contributed by atoms with Crippen molar-refractivity contribution < 1.29 is 14.3 Å². The average Bonchev–Trinajstić information content (AvgIpc) is 2.78. The van der Waals surface area contributed by atoms with Crippen LogP contribution < -0.4 is 14.9 Å². The van der Waals surface area contributed by atoms with E-state index in [0.717, 1.165) is 16.9 Å². The minimum Gasteiger partial charge on any atom is -0.490 e. The molecule has 6 heteroatoms. The lowest BCUT2D eigenvalue weighted by Crippen LogP contribution is -2.17. The largest absolute Gasteiger partial charge is 0.490 e. The van der Waals surface area contributed by atoms with Crippen molar-refractivity contribution in [3.8, 4) is 11.5 Å². The van der Waals surface area contributed by atoms with Gasteiger partial charge in [-0.1, -0.05) is 36.4 Å². The minimum atomic E-state index is -0.301. The van der Waals surface area contributed by atoms with E-state index in [1.165, 1.54) is 0 Å². The molecule has 0 unspecified atom stereocenters. The van der Waals surface area contributed by atoms with E-state index < -0.39 is 0 Å². The molecule has 0 aliphatic rings. The van der Waals surface area contributed by atoms with E-state index in [0.29, 0.717) is 29.5 Å². The maximum absolute atomic E-state index is 12.1. The first-order valence-electron chi connectivity index (χ1n) is 9.28. The fourth-order valence-electron chi connectivity index (χ4n) is 2.49. The standard InChI is InChI=1S/C24H21ClN2O3/c1-2-15-29-22-13-7-20(8-14-22)24(28)27-26-16-18-5-11-23(12-6-18)30-17-19-3-9-21(25)10-4-19/h2-14,16H,1,15,17H2,(H,27,28). The van der Waals surface area contributed by atoms with E-state index in [2.05, 4.69) is 17.1 Å². The highest BCUT2D eigenvalue weighted by molar-refractivity contribution is 6.30. The van der Waals surface area contributed by atoms with Crippen molar-refractivity contribution in [2.75, 3.05) is 6.61 Å². The third-order valence-corrected chi connectivity index (χ3v) is 4.31. The van der Waals surface area contributed by atoms with E-state index >= 15 is 0 Å². The number of carbonyl (C=O) groups is 1. The second-order valence-corrected chi connectivity index (χ2v) is 6.74. The Labute approximate surface area is 180 Å². The van der Waals surface area contributed by atoms with Crippen LogP contribution in [0.2, 0.25) is 5.02 Å². The molecule has 152 valence electrons. The van der Waals surface area contributed by atoms with Gasteiger partial charge in [0, 0.05) is 10.6 Å². The summed E-state index contributed by atoms with van der Waals surface area (Å²) in [6.45, 7) is 4.47. The summed E-state index contributed by atoms with van der Waals surface area (Å²) >= 11 is 5.88. The van der Waals surface area contributed by atoms with E-state index in [1.807, 2.05) is 48.5 Å². The first-order chi connectivity index (χ1) is 14.6. The molecule has 0 aromatic heterocycles. The summed E-state index contributed by atoms with van der Waals surface area (Å²) in [5.74, 6) is 1.11. The van der Waals surface area contributed by atoms with Crippen LogP contribution in [0.5, 0.6) is 11.5 Å². The summed E-state index contributed by atoms with van der Waals surface area (Å²) in [5, 5.41) is 4.70. The fourth-order valence-corrected chi connectivity index (χ4v) is 2.61. The van der Waals surface area contributed by atoms with E-state index in [9.17, 15) is 4.79 Å². The molecule has 0 bridgehead atoms. The number of amides is 1. The summed E-state index contributed by atoms with van der Waals surface area (Å²) in [7, 11) is 0. The number of hydrazone groups is 1. The number of hydrogen-bond acceptors (Lipinski definition) is 4. The number of ether oxygens (including phenoxy) is 2. The third kappa shape index (κ3) is 6.50. The van der Waals surface area contributed by atoms with Crippen LogP contribution in [0.4, 0.5) is 0 Å². The molecule has 5 nitrogen and oxygen atoms in total. The van der Waals surface area contributed by atoms with Crippen LogP contribution in [0.15, 0.2) is 90.6 Å². The van der Waals surface area contributed by atoms with Gasteiger partial charge in [0.1, 0.15) is 24.7 Å². The summed E-state index contributed by atoms with van der Waals surface area (Å²) in [6, 6.07) is 21.7. The fraction of sp³-hybridized carbons (Fsp3) is 0.0833. The van der Waals surface area contributed by atoms with Crippen molar-refractivity contribution in [3.63, 3.8) is 0 Å². The van der Waals surface area contributed by atoms with Gasteiger partial charge in [-0.2, -0.15) is 5.10 Å². The second-order valence-electron chi connectivity index (χ2n) is 6.31. The van der Waals surface area contributed by atoms with Gasteiger partial charge in [-0.05, 0) is 71.8 Å². The number of nitrogens with zero attached hydrogens (tertiary/aromatic N) is 1. The van der Waals surface area contributed by atoms with Gasteiger partial charge in [0.25, 0.3) is 5.91 Å². The molecule has 0 radical (unpaired) electrons. The Balaban J connectivity index is 1.48. The van der Waals surface area contributed by atoms with Crippen molar-refractivity contribution in [2.45, 2.75) is 6.61 Å². The topological polar surface area (TPSA) is 59.9 Å². The van der Waals surface area contributed by atoms with Crippen LogP contribution in [0.25, 0.3) is 0 Å². The highest BCUT2D eigenvalue weighted by Gasteiger charge is 2.04. The van der Waals surface area contributed by atoms with Gasteiger partial charge < -0.3 is 9.47 Å². The zero-order valence-corrected chi connectivity index (χ0v) is 17.0. The van der Waals surface area contributed by atoms with Gasteiger partial charge in [-0.3, -0.25) is 4.79 Å². The van der Waals surface area contributed by atoms with Crippen molar-refractivity contribution in [3.05, 3.63) is 107 Å². The zero-order chi connectivity index (χ0) is 21.2.